The third kappa shape index (κ3) is 4.63. The summed E-state index contributed by atoms with van der Waals surface area (Å²) in [5.41, 5.74) is 0.425. The van der Waals surface area contributed by atoms with Gasteiger partial charge in [0.05, 0.1) is 5.60 Å². The fourth-order valence-corrected chi connectivity index (χ4v) is 1.02. The van der Waals surface area contributed by atoms with E-state index in [0.717, 1.165) is 5.56 Å². The average molecular weight is 188 g/mol. The van der Waals surface area contributed by atoms with Crippen LogP contribution in [0.15, 0.2) is 48.6 Å². The van der Waals surface area contributed by atoms with Crippen molar-refractivity contribution in [2.75, 3.05) is 0 Å². The van der Waals surface area contributed by atoms with Crippen LogP contribution in [0.3, 0.4) is 0 Å². The Labute approximate surface area is 85.4 Å². The molecule has 1 N–H and O–H groups in total. The zero-order valence-electron chi connectivity index (χ0n) is 8.64. The van der Waals surface area contributed by atoms with Gasteiger partial charge >= 0.3 is 0 Å². The molecule has 0 aliphatic heterocycles. The molecule has 0 saturated heterocycles. The molecule has 0 radical (unpaired) electrons. The first kappa shape index (κ1) is 10.7. The Morgan fingerprint density at radius 2 is 1.71 bits per heavy atom. The van der Waals surface area contributed by atoms with E-state index in [0.29, 0.717) is 0 Å². The van der Waals surface area contributed by atoms with Gasteiger partial charge in [0.25, 0.3) is 0 Å². The maximum Gasteiger partial charge on any atom is 0.0774 e. The fourth-order valence-electron chi connectivity index (χ4n) is 1.02. The number of hydrogen-bond donors (Lipinski definition) is 1. The topological polar surface area (TPSA) is 20.2 Å². The molecule has 0 fully saturated rings. The van der Waals surface area contributed by atoms with Crippen LogP contribution in [0.4, 0.5) is 0 Å². The highest BCUT2D eigenvalue weighted by Gasteiger charge is 2.03. The largest absolute Gasteiger partial charge is 0.386 e. The fraction of sp³-hybridized carbons (Fsp3) is 0.231. The van der Waals surface area contributed by atoms with E-state index in [-0.39, 0.29) is 0 Å². The minimum atomic E-state index is -0.735. The van der Waals surface area contributed by atoms with Gasteiger partial charge < -0.3 is 5.11 Å². The lowest BCUT2D eigenvalue weighted by molar-refractivity contribution is 0.133. The molecule has 0 aliphatic rings. The Kier molecular flexibility index (Phi) is 3.66. The maximum absolute atomic E-state index is 9.39. The van der Waals surface area contributed by atoms with Crippen LogP contribution in [0.25, 0.3) is 6.08 Å². The average Bonchev–Trinajstić information content (AvgIpc) is 2.13. The van der Waals surface area contributed by atoms with E-state index in [1.807, 2.05) is 48.6 Å². The molecule has 0 aromatic heterocycles. The SMILES string of the molecule is CC(C)(O)/C=C/C=C/c1ccccc1. The summed E-state index contributed by atoms with van der Waals surface area (Å²) in [4.78, 5) is 0. The molecule has 0 bridgehead atoms. The van der Waals surface area contributed by atoms with Gasteiger partial charge in [0.2, 0.25) is 0 Å². The number of benzene rings is 1. The van der Waals surface area contributed by atoms with Crippen molar-refractivity contribution in [2.45, 2.75) is 19.4 Å². The molecule has 0 unspecified atom stereocenters. The van der Waals surface area contributed by atoms with Gasteiger partial charge in [-0.2, -0.15) is 0 Å². The molecule has 1 heteroatoms. The van der Waals surface area contributed by atoms with Crippen molar-refractivity contribution in [3.05, 3.63) is 54.1 Å². The van der Waals surface area contributed by atoms with E-state index in [1.165, 1.54) is 0 Å². The van der Waals surface area contributed by atoms with Gasteiger partial charge in [-0.25, -0.2) is 0 Å². The van der Waals surface area contributed by atoms with Gasteiger partial charge in [-0.1, -0.05) is 54.6 Å². The second-order valence-electron chi connectivity index (χ2n) is 3.78. The van der Waals surface area contributed by atoms with Crippen LogP contribution in [0, 0.1) is 0 Å². The summed E-state index contributed by atoms with van der Waals surface area (Å²) < 4.78 is 0. The quantitative estimate of drug-likeness (QED) is 0.723. The highest BCUT2D eigenvalue weighted by Crippen LogP contribution is 2.04. The van der Waals surface area contributed by atoms with E-state index >= 15 is 0 Å². The predicted octanol–water partition coefficient (Wildman–Crippen LogP) is 3.03. The molecule has 1 aromatic carbocycles. The zero-order valence-corrected chi connectivity index (χ0v) is 8.64. The van der Waals surface area contributed by atoms with Crippen LogP contribution in [-0.2, 0) is 0 Å². The highest BCUT2D eigenvalue weighted by atomic mass is 16.3. The molecule has 1 rings (SSSR count). The number of rotatable bonds is 3. The van der Waals surface area contributed by atoms with Gasteiger partial charge in [0.15, 0.2) is 0 Å². The lowest BCUT2D eigenvalue weighted by Crippen LogP contribution is -2.13. The second-order valence-corrected chi connectivity index (χ2v) is 3.78. The minimum Gasteiger partial charge on any atom is -0.386 e. The molecule has 0 spiro atoms. The van der Waals surface area contributed by atoms with Crippen molar-refractivity contribution in [2.24, 2.45) is 0 Å². The van der Waals surface area contributed by atoms with Crippen LogP contribution in [0.5, 0.6) is 0 Å². The van der Waals surface area contributed by atoms with Crippen molar-refractivity contribution in [1.82, 2.24) is 0 Å². The lowest BCUT2D eigenvalue weighted by Gasteiger charge is -2.08. The van der Waals surface area contributed by atoms with Gasteiger partial charge in [-0.15, -0.1) is 0 Å². The second kappa shape index (κ2) is 4.77. The maximum atomic E-state index is 9.39. The Morgan fingerprint density at radius 3 is 2.29 bits per heavy atom. The zero-order chi connectivity index (χ0) is 10.4. The summed E-state index contributed by atoms with van der Waals surface area (Å²) in [7, 11) is 0. The van der Waals surface area contributed by atoms with Gasteiger partial charge in [-0.05, 0) is 19.4 Å². The normalized spacial score (nSPS) is 12.8. The molecule has 0 heterocycles. The first-order valence-corrected chi connectivity index (χ1v) is 4.71. The van der Waals surface area contributed by atoms with Crippen LogP contribution in [-0.4, -0.2) is 10.7 Å². The molecule has 0 atom stereocenters. The summed E-state index contributed by atoms with van der Waals surface area (Å²) in [6.45, 7) is 3.50. The van der Waals surface area contributed by atoms with E-state index in [1.54, 1.807) is 19.9 Å². The molecule has 0 amide bonds. The Bertz CT molecular complexity index is 315. The molecule has 14 heavy (non-hydrogen) atoms. The summed E-state index contributed by atoms with van der Waals surface area (Å²) in [5, 5.41) is 9.39. The van der Waals surface area contributed by atoms with E-state index in [2.05, 4.69) is 0 Å². The van der Waals surface area contributed by atoms with E-state index in [4.69, 9.17) is 0 Å². The third-order valence-electron chi connectivity index (χ3n) is 1.70. The third-order valence-corrected chi connectivity index (χ3v) is 1.70. The molecule has 0 aliphatic carbocycles. The molecular weight excluding hydrogens is 172 g/mol. The first-order valence-electron chi connectivity index (χ1n) is 4.71. The Balaban J connectivity index is 2.54. The van der Waals surface area contributed by atoms with Gasteiger partial charge in [-0.3, -0.25) is 0 Å². The monoisotopic (exact) mass is 188 g/mol. The van der Waals surface area contributed by atoms with E-state index in [9.17, 15) is 5.11 Å². The smallest absolute Gasteiger partial charge is 0.0774 e. The van der Waals surface area contributed by atoms with Crippen molar-refractivity contribution >= 4 is 6.08 Å². The number of aliphatic hydroxyl groups is 1. The summed E-state index contributed by atoms with van der Waals surface area (Å²) >= 11 is 0. The van der Waals surface area contributed by atoms with Crippen molar-refractivity contribution in [3.8, 4) is 0 Å². The minimum absolute atomic E-state index is 0.735. The van der Waals surface area contributed by atoms with Crippen molar-refractivity contribution in [1.29, 1.82) is 0 Å². The van der Waals surface area contributed by atoms with Crippen LogP contribution < -0.4 is 0 Å². The number of allylic oxidation sites excluding steroid dienone is 2. The van der Waals surface area contributed by atoms with Gasteiger partial charge in [0, 0.05) is 0 Å². The van der Waals surface area contributed by atoms with Crippen molar-refractivity contribution < 1.29 is 5.11 Å². The van der Waals surface area contributed by atoms with Gasteiger partial charge in [0.1, 0.15) is 0 Å². The summed E-state index contributed by atoms with van der Waals surface area (Å²) in [6.07, 6.45) is 7.54. The first-order chi connectivity index (χ1) is 6.58. The number of hydrogen-bond acceptors (Lipinski definition) is 1. The molecule has 74 valence electrons. The Morgan fingerprint density at radius 1 is 1.07 bits per heavy atom. The highest BCUT2D eigenvalue weighted by molar-refractivity contribution is 5.50. The standard InChI is InChI=1S/C13H16O/c1-13(2,14)11-7-6-10-12-8-4-3-5-9-12/h3-11,14H,1-2H3/b10-6+,11-7+. The Hall–Kier alpha value is -1.34. The lowest BCUT2D eigenvalue weighted by atomic mass is 10.1. The molecule has 1 nitrogen and oxygen atoms in total. The van der Waals surface area contributed by atoms with Crippen LogP contribution in [0.2, 0.25) is 0 Å². The van der Waals surface area contributed by atoms with Crippen LogP contribution in [0.1, 0.15) is 19.4 Å². The molecule has 0 saturated carbocycles. The van der Waals surface area contributed by atoms with Crippen molar-refractivity contribution in [3.63, 3.8) is 0 Å². The van der Waals surface area contributed by atoms with E-state index < -0.39 is 5.60 Å². The molecule has 1 aromatic rings. The molecular formula is C13H16O. The predicted molar refractivity (Wildman–Crippen MR) is 60.9 cm³/mol. The van der Waals surface area contributed by atoms with Crippen LogP contribution >= 0.6 is 0 Å². The summed E-state index contributed by atoms with van der Waals surface area (Å²) in [5.74, 6) is 0. The summed E-state index contributed by atoms with van der Waals surface area (Å²) in [6, 6.07) is 10.1.